The van der Waals surface area contributed by atoms with Gasteiger partial charge in [0.25, 0.3) is 0 Å². The Balaban J connectivity index is 2.45. The second kappa shape index (κ2) is 3.68. The molecule has 11 heavy (non-hydrogen) atoms. The lowest BCUT2D eigenvalue weighted by atomic mass is 10.5. The Morgan fingerprint density at radius 1 is 1.91 bits per heavy atom. The minimum Gasteiger partial charge on any atom is -0.530 e. The second-order valence-corrected chi connectivity index (χ2v) is 4.11. The van der Waals surface area contributed by atoms with E-state index in [0.29, 0.717) is 0 Å². The zero-order valence-corrected chi connectivity index (χ0v) is 7.74. The van der Waals surface area contributed by atoms with Crippen molar-refractivity contribution in [3.05, 3.63) is 15.0 Å². The maximum absolute atomic E-state index is 9.93. The first-order valence-corrected chi connectivity index (χ1v) is 4.34. The lowest BCUT2D eigenvalue weighted by Crippen LogP contribution is -2.35. The first-order valence-electron chi connectivity index (χ1n) is 2.73. The number of aromatic nitrogens is 1. The van der Waals surface area contributed by atoms with Gasteiger partial charge in [-0.05, 0) is 15.9 Å². The van der Waals surface area contributed by atoms with Gasteiger partial charge in [0.2, 0.25) is 0 Å². The molecule has 1 heterocycles. The third-order valence-electron chi connectivity index (χ3n) is 0.932. The summed E-state index contributed by atoms with van der Waals surface area (Å²) in [6, 6.07) is 0. The molecule has 0 atom stereocenters. The fourth-order valence-corrected chi connectivity index (χ4v) is 1.82. The minimum atomic E-state index is -1.27. The van der Waals surface area contributed by atoms with Gasteiger partial charge in [-0.15, -0.1) is 11.3 Å². The van der Waals surface area contributed by atoms with Gasteiger partial charge in [-0.25, -0.2) is 4.98 Å². The van der Waals surface area contributed by atoms with E-state index in [2.05, 4.69) is 26.2 Å². The van der Waals surface area contributed by atoms with Crippen molar-refractivity contribution in [3.63, 3.8) is 0 Å². The van der Waals surface area contributed by atoms with Crippen LogP contribution in [0.4, 0.5) is 4.79 Å². The van der Waals surface area contributed by atoms with E-state index in [9.17, 15) is 9.90 Å². The summed E-state index contributed by atoms with van der Waals surface area (Å²) < 4.78 is 0.743. The number of nitrogens with one attached hydrogen (secondary N) is 1. The lowest BCUT2D eigenvalue weighted by Gasteiger charge is -2.02. The Morgan fingerprint density at radius 3 is 3.09 bits per heavy atom. The van der Waals surface area contributed by atoms with E-state index in [1.165, 1.54) is 11.3 Å². The number of thiazole rings is 1. The number of carbonyl (C=O) groups excluding carboxylic acids is 1. The average Bonchev–Trinajstić information content (AvgIpc) is 2.31. The first kappa shape index (κ1) is 8.48. The molecule has 4 nitrogen and oxygen atoms in total. The molecular formula is C5H4BrN2O2S-. The van der Waals surface area contributed by atoms with Crippen LogP contribution in [-0.4, -0.2) is 11.1 Å². The monoisotopic (exact) mass is 235 g/mol. The van der Waals surface area contributed by atoms with E-state index in [1.54, 1.807) is 6.20 Å². The maximum Gasteiger partial charge on any atom is 0.159 e. The highest BCUT2D eigenvalue weighted by Crippen LogP contribution is 2.17. The normalized spacial score (nSPS) is 9.55. The zero-order valence-electron chi connectivity index (χ0n) is 5.33. The molecule has 1 amide bonds. The highest BCUT2D eigenvalue weighted by atomic mass is 79.9. The van der Waals surface area contributed by atoms with Crippen molar-refractivity contribution < 1.29 is 9.90 Å². The topological polar surface area (TPSA) is 65.0 Å². The first-order chi connectivity index (χ1) is 5.18. The summed E-state index contributed by atoms with van der Waals surface area (Å²) in [4.78, 5) is 14.7. The van der Waals surface area contributed by atoms with E-state index in [4.69, 9.17) is 0 Å². The molecule has 0 radical (unpaired) electrons. The lowest BCUT2D eigenvalue weighted by molar-refractivity contribution is -0.251. The molecule has 0 spiro atoms. The standard InChI is InChI=1S/C5H5BrN2O2S/c6-4-7-1-3(11-4)2-8-5(9)10/h1,8H,2H2,(H,9,10)/p-1. The third kappa shape index (κ3) is 2.85. The minimum absolute atomic E-state index is 0.256. The Hall–Kier alpha value is -0.620. The summed E-state index contributed by atoms with van der Waals surface area (Å²) in [7, 11) is 0. The molecule has 0 saturated heterocycles. The van der Waals surface area contributed by atoms with Crippen LogP contribution >= 0.6 is 27.3 Å². The summed E-state index contributed by atoms with van der Waals surface area (Å²) in [6.07, 6.45) is 0.333. The van der Waals surface area contributed by atoms with E-state index in [-0.39, 0.29) is 6.54 Å². The van der Waals surface area contributed by atoms with Crippen molar-refractivity contribution in [2.24, 2.45) is 0 Å². The SMILES string of the molecule is O=C([O-])NCc1cnc(Br)s1. The summed E-state index contributed by atoms with van der Waals surface area (Å²) in [6.45, 7) is 0.256. The number of hydrogen-bond acceptors (Lipinski definition) is 4. The summed E-state index contributed by atoms with van der Waals surface area (Å²) in [5.41, 5.74) is 0. The molecule has 0 aromatic carbocycles. The average molecular weight is 236 g/mol. The molecule has 0 aliphatic heterocycles. The maximum atomic E-state index is 9.93. The number of carboxylic acid groups (broad SMARTS) is 1. The molecule has 1 aromatic heterocycles. The van der Waals surface area contributed by atoms with Crippen molar-refractivity contribution in [1.82, 2.24) is 10.3 Å². The smallest absolute Gasteiger partial charge is 0.159 e. The fourth-order valence-electron chi connectivity index (χ4n) is 0.525. The van der Waals surface area contributed by atoms with E-state index < -0.39 is 6.09 Å². The van der Waals surface area contributed by atoms with Gasteiger partial charge in [0.05, 0.1) is 6.54 Å². The molecular weight excluding hydrogens is 232 g/mol. The predicted octanol–water partition coefficient (Wildman–Crippen LogP) is 0.338. The van der Waals surface area contributed by atoms with Crippen molar-refractivity contribution in [2.45, 2.75) is 6.54 Å². The van der Waals surface area contributed by atoms with Crippen LogP contribution in [0.15, 0.2) is 10.1 Å². The van der Waals surface area contributed by atoms with Crippen LogP contribution in [0, 0.1) is 0 Å². The van der Waals surface area contributed by atoms with E-state index in [1.807, 2.05) is 0 Å². The van der Waals surface area contributed by atoms with Crippen molar-refractivity contribution in [2.75, 3.05) is 0 Å². The largest absolute Gasteiger partial charge is 0.530 e. The Kier molecular flexibility index (Phi) is 2.84. The van der Waals surface area contributed by atoms with Crippen LogP contribution in [0.2, 0.25) is 0 Å². The molecule has 0 bridgehead atoms. The number of amides is 1. The second-order valence-electron chi connectivity index (χ2n) is 1.72. The van der Waals surface area contributed by atoms with Gasteiger partial charge in [0.15, 0.2) is 3.92 Å². The highest BCUT2D eigenvalue weighted by Gasteiger charge is 1.96. The molecule has 60 valence electrons. The molecule has 6 heteroatoms. The Morgan fingerprint density at radius 2 is 2.64 bits per heavy atom. The van der Waals surface area contributed by atoms with Gasteiger partial charge < -0.3 is 15.2 Å². The van der Waals surface area contributed by atoms with E-state index in [0.717, 1.165) is 8.79 Å². The number of hydrogen-bond donors (Lipinski definition) is 1. The van der Waals surface area contributed by atoms with Gasteiger partial charge >= 0.3 is 0 Å². The van der Waals surface area contributed by atoms with Crippen molar-refractivity contribution >= 4 is 33.4 Å². The molecule has 0 aliphatic carbocycles. The fraction of sp³-hybridized carbons (Fsp3) is 0.200. The third-order valence-corrected chi connectivity index (χ3v) is 2.41. The number of carbonyl (C=O) groups is 1. The van der Waals surface area contributed by atoms with Crippen LogP contribution in [0.3, 0.4) is 0 Å². The summed E-state index contributed by atoms with van der Waals surface area (Å²) >= 11 is 4.54. The number of nitrogens with zero attached hydrogens (tertiary/aromatic N) is 1. The summed E-state index contributed by atoms with van der Waals surface area (Å²) in [5.74, 6) is 0. The zero-order chi connectivity index (χ0) is 8.27. The number of rotatable bonds is 2. The van der Waals surface area contributed by atoms with Crippen LogP contribution in [0.5, 0.6) is 0 Å². The highest BCUT2D eigenvalue weighted by molar-refractivity contribution is 9.11. The van der Waals surface area contributed by atoms with Gasteiger partial charge in [-0.1, -0.05) is 0 Å². The van der Waals surface area contributed by atoms with Gasteiger partial charge in [-0.3, -0.25) is 0 Å². The van der Waals surface area contributed by atoms with Crippen LogP contribution in [0.25, 0.3) is 0 Å². The van der Waals surface area contributed by atoms with E-state index >= 15 is 0 Å². The molecule has 0 aliphatic rings. The molecule has 1 N–H and O–H groups in total. The quantitative estimate of drug-likeness (QED) is 0.805. The van der Waals surface area contributed by atoms with Crippen LogP contribution in [0.1, 0.15) is 4.88 Å². The summed E-state index contributed by atoms with van der Waals surface area (Å²) in [5, 5.41) is 12.1. The van der Waals surface area contributed by atoms with Crippen molar-refractivity contribution in [3.8, 4) is 0 Å². The van der Waals surface area contributed by atoms with Gasteiger partial charge in [0, 0.05) is 11.1 Å². The molecule has 0 fully saturated rings. The Labute approximate surface area is 75.4 Å². The Bertz CT molecular complexity index is 263. The molecule has 1 rings (SSSR count). The number of halogens is 1. The van der Waals surface area contributed by atoms with Crippen molar-refractivity contribution in [1.29, 1.82) is 0 Å². The van der Waals surface area contributed by atoms with Gasteiger partial charge in [0.1, 0.15) is 6.09 Å². The van der Waals surface area contributed by atoms with Crippen LogP contribution in [-0.2, 0) is 6.54 Å². The molecule has 0 unspecified atom stereocenters. The molecule has 0 saturated carbocycles. The van der Waals surface area contributed by atoms with Gasteiger partial charge in [-0.2, -0.15) is 0 Å². The molecule has 1 aromatic rings. The van der Waals surface area contributed by atoms with Crippen LogP contribution < -0.4 is 10.4 Å². The predicted molar refractivity (Wildman–Crippen MR) is 42.0 cm³/mol.